The first kappa shape index (κ1) is 10.7. The molecule has 1 unspecified atom stereocenters. The molecule has 1 atom stereocenters. The Morgan fingerprint density at radius 2 is 2.47 bits per heavy atom. The number of fused-ring (bicyclic) bond motifs is 1. The van der Waals surface area contributed by atoms with E-state index in [9.17, 15) is 4.79 Å². The van der Waals surface area contributed by atoms with E-state index in [1.807, 2.05) is 13.2 Å². The van der Waals surface area contributed by atoms with Crippen LogP contribution in [-0.2, 0) is 13.5 Å². The van der Waals surface area contributed by atoms with Crippen LogP contribution in [0.5, 0.6) is 0 Å². The number of thiophene rings is 1. The van der Waals surface area contributed by atoms with Gasteiger partial charge in [0.15, 0.2) is 5.78 Å². The molecule has 2 heterocycles. The lowest BCUT2D eigenvalue weighted by Gasteiger charge is -2.20. The van der Waals surface area contributed by atoms with Gasteiger partial charge in [0, 0.05) is 24.0 Å². The lowest BCUT2D eigenvalue weighted by atomic mass is 9.83. The van der Waals surface area contributed by atoms with Crippen LogP contribution in [0.15, 0.2) is 23.8 Å². The fourth-order valence-electron chi connectivity index (χ4n) is 2.51. The molecule has 1 aliphatic rings. The first-order valence-electron chi connectivity index (χ1n) is 5.85. The second-order valence-corrected chi connectivity index (χ2v) is 5.51. The minimum Gasteiger partial charge on any atom is -0.293 e. The topological polar surface area (TPSA) is 34.9 Å². The Morgan fingerprint density at radius 3 is 3.24 bits per heavy atom. The molecule has 3 rings (SSSR count). The van der Waals surface area contributed by atoms with E-state index in [1.165, 1.54) is 10.4 Å². The van der Waals surface area contributed by atoms with E-state index in [1.54, 1.807) is 22.2 Å². The molecular weight excluding hydrogens is 232 g/mol. The standard InChI is InChI=1S/C13H14N2OS/c1-15-8-9(7-14-15)13(16)11-3-2-4-12-10(11)5-6-17-12/h5-8,11H,2-4H2,1H3. The van der Waals surface area contributed by atoms with Crippen molar-refractivity contribution in [3.05, 3.63) is 39.8 Å². The van der Waals surface area contributed by atoms with Crippen molar-refractivity contribution >= 4 is 17.1 Å². The molecule has 0 aromatic carbocycles. The average molecular weight is 246 g/mol. The van der Waals surface area contributed by atoms with Gasteiger partial charge >= 0.3 is 0 Å². The highest BCUT2D eigenvalue weighted by Crippen LogP contribution is 2.36. The molecule has 0 spiro atoms. The third-order valence-corrected chi connectivity index (χ3v) is 4.35. The zero-order valence-electron chi connectivity index (χ0n) is 9.72. The van der Waals surface area contributed by atoms with E-state index in [0.29, 0.717) is 0 Å². The zero-order chi connectivity index (χ0) is 11.8. The Kier molecular flexibility index (Phi) is 2.59. The van der Waals surface area contributed by atoms with Gasteiger partial charge in [-0.3, -0.25) is 9.48 Å². The van der Waals surface area contributed by atoms with E-state index in [4.69, 9.17) is 0 Å². The lowest BCUT2D eigenvalue weighted by Crippen LogP contribution is -2.16. The van der Waals surface area contributed by atoms with Crippen molar-refractivity contribution in [1.82, 2.24) is 9.78 Å². The van der Waals surface area contributed by atoms with Crippen LogP contribution in [0, 0.1) is 0 Å². The SMILES string of the molecule is Cn1cc(C(=O)C2CCCc3sccc32)cn1. The van der Waals surface area contributed by atoms with Crippen molar-refractivity contribution < 1.29 is 4.79 Å². The van der Waals surface area contributed by atoms with Crippen LogP contribution in [0.3, 0.4) is 0 Å². The molecule has 3 nitrogen and oxygen atoms in total. The number of hydrogen-bond donors (Lipinski definition) is 0. The molecule has 0 aliphatic heterocycles. The summed E-state index contributed by atoms with van der Waals surface area (Å²) in [7, 11) is 1.84. The van der Waals surface area contributed by atoms with Gasteiger partial charge in [0.1, 0.15) is 0 Å². The van der Waals surface area contributed by atoms with E-state index < -0.39 is 0 Å². The number of aromatic nitrogens is 2. The van der Waals surface area contributed by atoms with Crippen LogP contribution in [0.2, 0.25) is 0 Å². The number of carbonyl (C=O) groups is 1. The van der Waals surface area contributed by atoms with E-state index in [-0.39, 0.29) is 11.7 Å². The van der Waals surface area contributed by atoms with E-state index in [0.717, 1.165) is 24.8 Å². The summed E-state index contributed by atoms with van der Waals surface area (Å²) in [6.07, 6.45) is 6.69. The molecule has 0 radical (unpaired) electrons. The predicted octanol–water partition coefficient (Wildman–Crippen LogP) is 2.78. The van der Waals surface area contributed by atoms with Crippen LogP contribution >= 0.6 is 11.3 Å². The molecule has 17 heavy (non-hydrogen) atoms. The summed E-state index contributed by atoms with van der Waals surface area (Å²) in [6, 6.07) is 2.11. The van der Waals surface area contributed by atoms with Crippen LogP contribution in [0.4, 0.5) is 0 Å². The number of aryl methyl sites for hydroxylation is 2. The number of rotatable bonds is 2. The quantitative estimate of drug-likeness (QED) is 0.764. The molecule has 0 saturated carbocycles. The third-order valence-electron chi connectivity index (χ3n) is 3.36. The summed E-state index contributed by atoms with van der Waals surface area (Å²) in [5.74, 6) is 0.270. The second-order valence-electron chi connectivity index (χ2n) is 4.51. The predicted molar refractivity (Wildman–Crippen MR) is 67.5 cm³/mol. The molecule has 0 amide bonds. The third kappa shape index (κ3) is 1.82. The van der Waals surface area contributed by atoms with Gasteiger partial charge < -0.3 is 0 Å². The summed E-state index contributed by atoms with van der Waals surface area (Å²) in [4.78, 5) is 13.8. The Bertz CT molecular complexity index is 555. The van der Waals surface area contributed by atoms with Gasteiger partial charge in [-0.15, -0.1) is 11.3 Å². The van der Waals surface area contributed by atoms with Crippen molar-refractivity contribution in [1.29, 1.82) is 0 Å². The number of nitrogens with zero attached hydrogens (tertiary/aromatic N) is 2. The Morgan fingerprint density at radius 1 is 1.59 bits per heavy atom. The Labute approximate surface area is 104 Å². The summed E-state index contributed by atoms with van der Waals surface area (Å²) < 4.78 is 1.69. The fourth-order valence-corrected chi connectivity index (χ4v) is 3.50. The minimum atomic E-state index is 0.0502. The van der Waals surface area contributed by atoms with Gasteiger partial charge in [0.05, 0.1) is 11.8 Å². The van der Waals surface area contributed by atoms with Crippen molar-refractivity contribution in [3.8, 4) is 0 Å². The van der Waals surface area contributed by atoms with E-state index >= 15 is 0 Å². The Hall–Kier alpha value is -1.42. The summed E-state index contributed by atoms with van der Waals surface area (Å²) in [5, 5.41) is 6.17. The van der Waals surface area contributed by atoms with Crippen molar-refractivity contribution in [3.63, 3.8) is 0 Å². The van der Waals surface area contributed by atoms with Gasteiger partial charge in [0.2, 0.25) is 0 Å². The normalized spacial score (nSPS) is 19.0. The van der Waals surface area contributed by atoms with Gasteiger partial charge in [-0.2, -0.15) is 5.10 Å². The van der Waals surface area contributed by atoms with Crippen molar-refractivity contribution in [2.75, 3.05) is 0 Å². The molecule has 1 aliphatic carbocycles. The highest BCUT2D eigenvalue weighted by Gasteiger charge is 2.28. The molecule has 0 bridgehead atoms. The first-order valence-corrected chi connectivity index (χ1v) is 6.73. The van der Waals surface area contributed by atoms with Gasteiger partial charge in [0.25, 0.3) is 0 Å². The molecular formula is C13H14N2OS. The average Bonchev–Trinajstić information content (AvgIpc) is 2.95. The van der Waals surface area contributed by atoms with Crippen LogP contribution < -0.4 is 0 Å². The van der Waals surface area contributed by atoms with Crippen LogP contribution in [0.1, 0.15) is 39.6 Å². The minimum absolute atomic E-state index is 0.0502. The summed E-state index contributed by atoms with van der Waals surface area (Å²) in [5.41, 5.74) is 1.98. The molecule has 0 saturated heterocycles. The highest BCUT2D eigenvalue weighted by atomic mass is 32.1. The maximum Gasteiger partial charge on any atom is 0.173 e. The number of Topliss-reactive ketones (excluding diaryl/α,β-unsaturated/α-hetero) is 1. The summed E-state index contributed by atoms with van der Waals surface area (Å²) in [6.45, 7) is 0. The summed E-state index contributed by atoms with van der Waals surface area (Å²) >= 11 is 1.77. The maximum atomic E-state index is 12.4. The maximum absolute atomic E-state index is 12.4. The molecule has 4 heteroatoms. The second kappa shape index (κ2) is 4.11. The first-order chi connectivity index (χ1) is 8.25. The highest BCUT2D eigenvalue weighted by molar-refractivity contribution is 7.10. The fraction of sp³-hybridized carbons (Fsp3) is 0.385. The van der Waals surface area contributed by atoms with Crippen LogP contribution in [0.25, 0.3) is 0 Å². The number of carbonyl (C=O) groups excluding carboxylic acids is 1. The van der Waals surface area contributed by atoms with Crippen molar-refractivity contribution in [2.24, 2.45) is 7.05 Å². The van der Waals surface area contributed by atoms with Gasteiger partial charge in [-0.05, 0) is 36.3 Å². The smallest absolute Gasteiger partial charge is 0.173 e. The number of ketones is 1. The zero-order valence-corrected chi connectivity index (χ0v) is 10.5. The van der Waals surface area contributed by atoms with E-state index in [2.05, 4.69) is 16.5 Å². The molecule has 88 valence electrons. The molecule has 2 aromatic rings. The van der Waals surface area contributed by atoms with Gasteiger partial charge in [-0.25, -0.2) is 0 Å². The number of hydrogen-bond acceptors (Lipinski definition) is 3. The lowest BCUT2D eigenvalue weighted by molar-refractivity contribution is 0.0951. The molecule has 0 N–H and O–H groups in total. The monoisotopic (exact) mass is 246 g/mol. The molecule has 0 fully saturated rings. The van der Waals surface area contributed by atoms with Crippen molar-refractivity contribution in [2.45, 2.75) is 25.2 Å². The Balaban J connectivity index is 1.94. The van der Waals surface area contributed by atoms with Gasteiger partial charge in [-0.1, -0.05) is 0 Å². The van der Waals surface area contributed by atoms with Crippen LogP contribution in [-0.4, -0.2) is 15.6 Å². The molecule has 2 aromatic heterocycles. The largest absolute Gasteiger partial charge is 0.293 e.